The van der Waals surface area contributed by atoms with E-state index in [2.05, 4.69) is 5.32 Å². The fourth-order valence-corrected chi connectivity index (χ4v) is 4.02. The molecule has 0 bridgehead atoms. The number of para-hydroxylation sites is 1. The zero-order valence-corrected chi connectivity index (χ0v) is 17.3. The van der Waals surface area contributed by atoms with Crippen LogP contribution in [0, 0.1) is 0 Å². The summed E-state index contributed by atoms with van der Waals surface area (Å²) >= 11 is 0. The molecule has 4 rings (SSSR count). The van der Waals surface area contributed by atoms with Crippen LogP contribution in [0.15, 0.2) is 48.7 Å². The number of anilines is 1. The number of carbonyl (C=O) groups excluding carboxylic acids is 1. The van der Waals surface area contributed by atoms with Crippen molar-refractivity contribution >= 4 is 17.6 Å². The van der Waals surface area contributed by atoms with E-state index in [-0.39, 0.29) is 23.6 Å². The van der Waals surface area contributed by atoms with Gasteiger partial charge in [-0.1, -0.05) is 18.2 Å². The lowest BCUT2D eigenvalue weighted by molar-refractivity contribution is -0.116. The van der Waals surface area contributed by atoms with Crippen LogP contribution < -0.4 is 19.5 Å². The molecule has 1 aliphatic rings. The summed E-state index contributed by atoms with van der Waals surface area (Å²) in [6.07, 6.45) is 1.65. The van der Waals surface area contributed by atoms with Crippen molar-refractivity contribution in [1.82, 2.24) is 4.57 Å². The third kappa shape index (κ3) is 3.46. The largest absolute Gasteiger partial charge is 0.497 e. The molecule has 1 amide bonds. The molecule has 2 heterocycles. The van der Waals surface area contributed by atoms with Crippen LogP contribution in [0.4, 0.5) is 5.69 Å². The summed E-state index contributed by atoms with van der Waals surface area (Å²) in [7, 11) is 4.66. The maximum absolute atomic E-state index is 12.5. The highest BCUT2D eigenvalue weighted by molar-refractivity contribution is 6.04. The number of hydrogen-bond acceptors (Lipinski definition) is 5. The third-order valence-corrected chi connectivity index (χ3v) is 5.42. The molecule has 160 valence electrons. The Bertz CT molecular complexity index is 1170. The van der Waals surface area contributed by atoms with Crippen LogP contribution in [0.3, 0.4) is 0 Å². The molecule has 1 unspecified atom stereocenters. The SMILES string of the molecule is COc1ccc(-n2cc(C(=O)O)c3c2C(c2ccccc2OC)CC(=O)N3)c(OC)c1. The predicted octanol–water partition coefficient (Wildman–Crippen LogP) is 3.68. The van der Waals surface area contributed by atoms with Gasteiger partial charge in [0.1, 0.15) is 22.8 Å². The molecule has 0 radical (unpaired) electrons. The molecule has 0 spiro atoms. The van der Waals surface area contributed by atoms with Gasteiger partial charge in [0.2, 0.25) is 5.91 Å². The number of carboxylic acids is 1. The lowest BCUT2D eigenvalue weighted by atomic mass is 9.87. The fraction of sp³-hybridized carbons (Fsp3) is 0.217. The Morgan fingerprint density at radius 3 is 2.48 bits per heavy atom. The van der Waals surface area contributed by atoms with Gasteiger partial charge in [-0.15, -0.1) is 0 Å². The lowest BCUT2D eigenvalue weighted by Gasteiger charge is -2.27. The first-order chi connectivity index (χ1) is 15.0. The zero-order valence-electron chi connectivity index (χ0n) is 17.3. The number of fused-ring (bicyclic) bond motifs is 1. The standard InChI is InChI=1S/C23H22N2O6/c1-29-13-8-9-17(19(10-13)31-3)25-12-16(23(27)28)21-22(25)15(11-20(26)24-21)14-6-4-5-7-18(14)30-2/h4-10,12,15H,11H2,1-3H3,(H,24,26)(H,27,28). The molecule has 2 aromatic carbocycles. The molecule has 8 nitrogen and oxygen atoms in total. The molecule has 2 N–H and O–H groups in total. The fourth-order valence-electron chi connectivity index (χ4n) is 4.02. The van der Waals surface area contributed by atoms with Gasteiger partial charge in [0.25, 0.3) is 0 Å². The van der Waals surface area contributed by atoms with Gasteiger partial charge in [0.15, 0.2) is 0 Å². The molecule has 1 atom stereocenters. The number of carbonyl (C=O) groups is 2. The summed E-state index contributed by atoms with van der Waals surface area (Å²) < 4.78 is 18.1. The summed E-state index contributed by atoms with van der Waals surface area (Å²) in [5.74, 6) is -0.0764. The van der Waals surface area contributed by atoms with Crippen molar-refractivity contribution in [3.63, 3.8) is 0 Å². The molecule has 3 aromatic rings. The van der Waals surface area contributed by atoms with Crippen LogP contribution in [-0.2, 0) is 4.79 Å². The minimum absolute atomic E-state index is 0.000758. The molecule has 1 aliphatic heterocycles. The van der Waals surface area contributed by atoms with Crippen molar-refractivity contribution in [3.8, 4) is 22.9 Å². The lowest BCUT2D eigenvalue weighted by Crippen LogP contribution is -2.25. The minimum atomic E-state index is -1.14. The smallest absolute Gasteiger partial charge is 0.339 e. The van der Waals surface area contributed by atoms with E-state index in [1.165, 1.54) is 13.3 Å². The molecular formula is C23H22N2O6. The normalized spacial score (nSPS) is 15.1. The Labute approximate surface area is 179 Å². The topological polar surface area (TPSA) is 99.0 Å². The number of hydrogen-bond donors (Lipinski definition) is 2. The highest BCUT2D eigenvalue weighted by atomic mass is 16.5. The van der Waals surface area contributed by atoms with Gasteiger partial charge in [-0.25, -0.2) is 4.79 Å². The van der Waals surface area contributed by atoms with Gasteiger partial charge in [-0.2, -0.15) is 0 Å². The Kier molecular flexibility index (Phi) is 5.29. The van der Waals surface area contributed by atoms with Crippen molar-refractivity contribution in [2.24, 2.45) is 0 Å². The Morgan fingerprint density at radius 1 is 1.06 bits per heavy atom. The van der Waals surface area contributed by atoms with Crippen molar-refractivity contribution in [3.05, 3.63) is 65.5 Å². The summed E-state index contributed by atoms with van der Waals surface area (Å²) in [5, 5.41) is 12.6. The van der Waals surface area contributed by atoms with Gasteiger partial charge >= 0.3 is 5.97 Å². The molecule has 1 aromatic heterocycles. The first-order valence-electron chi connectivity index (χ1n) is 9.62. The number of nitrogens with zero attached hydrogens (tertiary/aromatic N) is 1. The van der Waals surface area contributed by atoms with Crippen molar-refractivity contribution in [2.45, 2.75) is 12.3 Å². The first kappa shape index (κ1) is 20.3. The minimum Gasteiger partial charge on any atom is -0.497 e. The Balaban J connectivity index is 2.01. The van der Waals surface area contributed by atoms with E-state index in [9.17, 15) is 14.7 Å². The second-order valence-electron chi connectivity index (χ2n) is 7.06. The number of amides is 1. The molecule has 0 saturated heterocycles. The Morgan fingerprint density at radius 2 is 1.81 bits per heavy atom. The number of benzene rings is 2. The van der Waals surface area contributed by atoms with E-state index in [1.807, 2.05) is 24.3 Å². The third-order valence-electron chi connectivity index (χ3n) is 5.42. The second-order valence-corrected chi connectivity index (χ2v) is 7.06. The molecule has 8 heteroatoms. The van der Waals surface area contributed by atoms with Crippen LogP contribution in [0.1, 0.15) is 34.0 Å². The van der Waals surface area contributed by atoms with Gasteiger partial charge in [-0.05, 0) is 18.2 Å². The predicted molar refractivity (Wildman–Crippen MR) is 114 cm³/mol. The van der Waals surface area contributed by atoms with Gasteiger partial charge in [0.05, 0.1) is 38.4 Å². The van der Waals surface area contributed by atoms with Gasteiger partial charge < -0.3 is 29.2 Å². The highest BCUT2D eigenvalue weighted by Crippen LogP contribution is 2.45. The van der Waals surface area contributed by atoms with E-state index >= 15 is 0 Å². The molecular weight excluding hydrogens is 400 g/mol. The maximum atomic E-state index is 12.5. The number of nitrogens with one attached hydrogen (secondary N) is 1. The Hall–Kier alpha value is -3.94. The maximum Gasteiger partial charge on any atom is 0.339 e. The van der Waals surface area contributed by atoms with Crippen molar-refractivity contribution in [2.75, 3.05) is 26.6 Å². The second kappa shape index (κ2) is 8.06. The summed E-state index contributed by atoms with van der Waals surface area (Å²) in [4.78, 5) is 24.5. The summed E-state index contributed by atoms with van der Waals surface area (Å²) in [5.41, 5.74) is 2.34. The number of rotatable bonds is 6. The summed E-state index contributed by atoms with van der Waals surface area (Å²) in [6.45, 7) is 0. The first-order valence-corrected chi connectivity index (χ1v) is 9.62. The van der Waals surface area contributed by atoms with Crippen LogP contribution in [0.2, 0.25) is 0 Å². The van der Waals surface area contributed by atoms with Crippen LogP contribution in [0.5, 0.6) is 17.2 Å². The van der Waals surface area contributed by atoms with E-state index in [1.54, 1.807) is 37.0 Å². The van der Waals surface area contributed by atoms with E-state index in [4.69, 9.17) is 14.2 Å². The molecule has 0 saturated carbocycles. The van der Waals surface area contributed by atoms with Crippen molar-refractivity contribution in [1.29, 1.82) is 0 Å². The number of aromatic nitrogens is 1. The average molecular weight is 422 g/mol. The quantitative estimate of drug-likeness (QED) is 0.629. The van der Waals surface area contributed by atoms with Crippen LogP contribution in [-0.4, -0.2) is 42.9 Å². The molecule has 0 fully saturated rings. The molecule has 31 heavy (non-hydrogen) atoms. The highest BCUT2D eigenvalue weighted by Gasteiger charge is 2.36. The number of ether oxygens (including phenoxy) is 3. The monoisotopic (exact) mass is 422 g/mol. The zero-order chi connectivity index (χ0) is 22.1. The summed E-state index contributed by atoms with van der Waals surface area (Å²) in [6, 6.07) is 12.7. The van der Waals surface area contributed by atoms with Crippen LogP contribution >= 0.6 is 0 Å². The van der Waals surface area contributed by atoms with Crippen LogP contribution in [0.25, 0.3) is 5.69 Å². The van der Waals surface area contributed by atoms with E-state index in [0.717, 1.165) is 5.56 Å². The van der Waals surface area contributed by atoms with Gasteiger partial charge in [0, 0.05) is 30.2 Å². The van der Waals surface area contributed by atoms with E-state index in [0.29, 0.717) is 28.6 Å². The van der Waals surface area contributed by atoms with E-state index < -0.39 is 11.9 Å². The number of methoxy groups -OCH3 is 3. The molecule has 0 aliphatic carbocycles. The van der Waals surface area contributed by atoms with Crippen molar-refractivity contribution < 1.29 is 28.9 Å². The average Bonchev–Trinajstić information content (AvgIpc) is 3.17. The number of aromatic carboxylic acids is 1. The number of carboxylic acid groups (broad SMARTS) is 1. The van der Waals surface area contributed by atoms with Gasteiger partial charge in [-0.3, -0.25) is 4.79 Å².